The molecule has 0 N–H and O–H groups in total. The molecule has 0 fully saturated rings. The van der Waals surface area contributed by atoms with Gasteiger partial charge in [-0.3, -0.25) is 0 Å². The Bertz CT molecular complexity index is 816. The molecule has 5 heteroatoms. The fourth-order valence-corrected chi connectivity index (χ4v) is 3.66. The van der Waals surface area contributed by atoms with Gasteiger partial charge in [-0.1, -0.05) is 80.3 Å². The van der Waals surface area contributed by atoms with Crippen LogP contribution in [0.5, 0.6) is 0 Å². The van der Waals surface area contributed by atoms with Crippen molar-refractivity contribution in [1.82, 2.24) is 0 Å². The van der Waals surface area contributed by atoms with Crippen molar-refractivity contribution in [3.8, 4) is 11.5 Å². The lowest BCUT2D eigenvalue weighted by Gasteiger charge is -2.31. The van der Waals surface area contributed by atoms with Gasteiger partial charge in [0.2, 0.25) is 0 Å². The van der Waals surface area contributed by atoms with E-state index in [1.54, 1.807) is 0 Å². The van der Waals surface area contributed by atoms with Crippen LogP contribution in [0.25, 0.3) is 0 Å². The van der Waals surface area contributed by atoms with E-state index in [2.05, 4.69) is 31.1 Å². The van der Waals surface area contributed by atoms with E-state index in [1.165, 1.54) is 0 Å². The first-order valence-electron chi connectivity index (χ1n) is 10.5. The summed E-state index contributed by atoms with van der Waals surface area (Å²) in [7, 11) is -1.58. The van der Waals surface area contributed by atoms with Crippen molar-refractivity contribution in [3.05, 3.63) is 83.9 Å². The third kappa shape index (κ3) is 10.5. The molecule has 0 saturated carbocycles. The van der Waals surface area contributed by atoms with Crippen LogP contribution in [0, 0.1) is 16.9 Å². The van der Waals surface area contributed by atoms with E-state index in [0.717, 1.165) is 17.2 Å². The molecule has 2 nitrogen and oxygen atoms in total. The van der Waals surface area contributed by atoms with E-state index in [9.17, 15) is 8.78 Å². The lowest BCUT2D eigenvalue weighted by molar-refractivity contribution is -0.0297. The van der Waals surface area contributed by atoms with Crippen molar-refractivity contribution >= 4 is 8.07 Å². The second kappa shape index (κ2) is 12.6. The maximum absolute atomic E-state index is 13.0. The second-order valence-corrected chi connectivity index (χ2v) is 13.6. The van der Waals surface area contributed by atoms with E-state index in [4.69, 9.17) is 9.47 Å². The monoisotopic (exact) mass is 442 g/mol. The predicted octanol–water partition coefficient (Wildman–Crippen LogP) is 6.85. The summed E-state index contributed by atoms with van der Waals surface area (Å²) >= 11 is 0. The summed E-state index contributed by atoms with van der Waals surface area (Å²) in [5.74, 6) is 3.26. The number of allylic oxidation sites excluding steroid dienone is 1. The highest BCUT2D eigenvalue weighted by Gasteiger charge is 2.30. The fourth-order valence-electron chi connectivity index (χ4n) is 3.04. The smallest absolute Gasteiger partial charge is 0.266 e. The molecule has 31 heavy (non-hydrogen) atoms. The molecule has 2 rings (SSSR count). The van der Waals surface area contributed by atoms with Crippen LogP contribution in [-0.4, -0.2) is 21.3 Å². The number of rotatable bonds is 11. The minimum absolute atomic E-state index is 0.152. The van der Waals surface area contributed by atoms with Gasteiger partial charge in [0.25, 0.3) is 6.08 Å². The number of hydrogen-bond acceptors (Lipinski definition) is 2. The van der Waals surface area contributed by atoms with Gasteiger partial charge in [0.05, 0.1) is 26.4 Å². The summed E-state index contributed by atoms with van der Waals surface area (Å²) < 4.78 is 38.0. The van der Waals surface area contributed by atoms with Gasteiger partial charge in [-0.25, -0.2) is 0 Å². The Hall–Kier alpha value is -2.26. The van der Waals surface area contributed by atoms with Crippen LogP contribution in [0.4, 0.5) is 8.78 Å². The second-order valence-electron chi connectivity index (χ2n) is 8.88. The summed E-state index contributed by atoms with van der Waals surface area (Å²) in [6, 6.07) is 19.7. The maximum atomic E-state index is 13.0. The fraction of sp³-hybridized carbons (Fsp3) is 0.385. The normalized spacial score (nSPS) is 11.5. The number of ether oxygens (including phenoxy) is 2. The Morgan fingerprint density at radius 3 is 1.77 bits per heavy atom. The van der Waals surface area contributed by atoms with Crippen molar-refractivity contribution in [2.24, 2.45) is 5.41 Å². The largest absolute Gasteiger partial charge is 0.376 e. The highest BCUT2D eigenvalue weighted by Crippen LogP contribution is 2.30. The van der Waals surface area contributed by atoms with Crippen LogP contribution in [0.15, 0.2) is 72.8 Å². The molecule has 0 unspecified atom stereocenters. The summed E-state index contributed by atoms with van der Waals surface area (Å²) in [6.45, 7) is 7.93. The van der Waals surface area contributed by atoms with E-state index < -0.39 is 19.6 Å². The summed E-state index contributed by atoms with van der Waals surface area (Å²) in [6.07, 6.45) is -0.119. The van der Waals surface area contributed by atoms with Crippen molar-refractivity contribution < 1.29 is 18.3 Å². The molecule has 0 bridgehead atoms. The first-order valence-corrected chi connectivity index (χ1v) is 14.0. The Balaban J connectivity index is 2.14. The van der Waals surface area contributed by atoms with Crippen LogP contribution in [-0.2, 0) is 22.7 Å². The van der Waals surface area contributed by atoms with Gasteiger partial charge >= 0.3 is 0 Å². The van der Waals surface area contributed by atoms with Crippen molar-refractivity contribution in [2.75, 3.05) is 13.2 Å². The molecule has 2 aromatic carbocycles. The Labute approximate surface area is 186 Å². The zero-order chi connectivity index (χ0) is 22.6. The molecule has 0 aliphatic heterocycles. The summed E-state index contributed by atoms with van der Waals surface area (Å²) in [5.41, 5.74) is 4.80. The third-order valence-corrected chi connectivity index (χ3v) is 5.58. The van der Waals surface area contributed by atoms with Crippen LogP contribution < -0.4 is 0 Å². The number of hydrogen-bond donors (Lipinski definition) is 0. The molecule has 0 atom stereocenters. The van der Waals surface area contributed by atoms with Gasteiger partial charge in [0.1, 0.15) is 8.07 Å². The first-order chi connectivity index (χ1) is 14.8. The molecule has 0 amide bonds. The first kappa shape index (κ1) is 25.0. The maximum Gasteiger partial charge on any atom is 0.266 e. The van der Waals surface area contributed by atoms with E-state index in [0.29, 0.717) is 32.8 Å². The van der Waals surface area contributed by atoms with Crippen LogP contribution in [0.1, 0.15) is 24.0 Å². The molecule has 0 saturated heterocycles. The van der Waals surface area contributed by atoms with Crippen molar-refractivity contribution in [2.45, 2.75) is 45.7 Å². The lowest BCUT2D eigenvalue weighted by atomic mass is 9.83. The minimum atomic E-state index is -1.69. The Kier molecular flexibility index (Phi) is 10.1. The molecule has 0 aliphatic rings. The number of halogens is 2. The van der Waals surface area contributed by atoms with Gasteiger partial charge < -0.3 is 9.47 Å². The van der Waals surface area contributed by atoms with Gasteiger partial charge in [0.15, 0.2) is 0 Å². The van der Waals surface area contributed by atoms with Gasteiger partial charge in [0, 0.05) is 11.8 Å². The van der Waals surface area contributed by atoms with Crippen LogP contribution in [0.3, 0.4) is 0 Å². The average molecular weight is 443 g/mol. The Morgan fingerprint density at radius 2 is 1.35 bits per heavy atom. The number of benzene rings is 2. The van der Waals surface area contributed by atoms with Crippen LogP contribution in [0.2, 0.25) is 19.6 Å². The molecule has 0 spiro atoms. The van der Waals surface area contributed by atoms with Crippen LogP contribution >= 0.6 is 0 Å². The van der Waals surface area contributed by atoms with Crippen molar-refractivity contribution in [3.63, 3.8) is 0 Å². The molecule has 2 aromatic rings. The minimum Gasteiger partial charge on any atom is -0.376 e. The zero-order valence-electron chi connectivity index (χ0n) is 18.7. The van der Waals surface area contributed by atoms with Crippen molar-refractivity contribution in [1.29, 1.82) is 0 Å². The highest BCUT2D eigenvalue weighted by molar-refractivity contribution is 6.83. The van der Waals surface area contributed by atoms with Gasteiger partial charge in [-0.2, -0.15) is 8.78 Å². The van der Waals surface area contributed by atoms with Gasteiger partial charge in [-0.15, -0.1) is 11.5 Å². The van der Waals surface area contributed by atoms with E-state index in [-0.39, 0.29) is 6.42 Å². The standard InChI is InChI=1S/C26H32F2O2Si/c1-31(2,3)18-10-16-26(17-15-25(27)28,21-29-19-23-11-6-4-7-12-23)22-30-20-24-13-8-5-9-14-24/h4-9,11-15H,16-17,19-22H2,1-3H3. The quantitative estimate of drug-likeness (QED) is 0.280. The predicted molar refractivity (Wildman–Crippen MR) is 125 cm³/mol. The SMILES string of the molecule is C[Si](C)(C)C#CCC(CC=C(F)F)(COCc1ccccc1)COCc1ccccc1. The summed E-state index contributed by atoms with van der Waals surface area (Å²) in [4.78, 5) is 0. The highest BCUT2D eigenvalue weighted by atomic mass is 28.3. The average Bonchev–Trinajstić information content (AvgIpc) is 2.73. The molecule has 166 valence electrons. The molecule has 0 heterocycles. The third-order valence-electron chi connectivity index (χ3n) is 4.66. The lowest BCUT2D eigenvalue weighted by Crippen LogP contribution is -2.32. The van der Waals surface area contributed by atoms with E-state index >= 15 is 0 Å². The topological polar surface area (TPSA) is 18.5 Å². The molecule has 0 aromatic heterocycles. The summed E-state index contributed by atoms with van der Waals surface area (Å²) in [5, 5.41) is 0. The van der Waals surface area contributed by atoms with E-state index in [1.807, 2.05) is 60.7 Å². The zero-order valence-corrected chi connectivity index (χ0v) is 19.7. The molecule has 0 aliphatic carbocycles. The molecule has 0 radical (unpaired) electrons. The Morgan fingerprint density at radius 1 is 0.871 bits per heavy atom. The molecular formula is C26H32F2O2Si. The van der Waals surface area contributed by atoms with Gasteiger partial charge in [-0.05, 0) is 23.6 Å². The molecular weight excluding hydrogens is 410 g/mol.